The monoisotopic (exact) mass is 427 g/mol. The van der Waals surface area contributed by atoms with Gasteiger partial charge in [0.1, 0.15) is 17.9 Å². The van der Waals surface area contributed by atoms with Crippen LogP contribution < -0.4 is 20.7 Å². The second kappa shape index (κ2) is 10.5. The lowest BCUT2D eigenvalue weighted by Gasteiger charge is -2.19. The van der Waals surface area contributed by atoms with E-state index in [9.17, 15) is 14.4 Å². The van der Waals surface area contributed by atoms with Crippen LogP contribution in [0.4, 0.5) is 16.2 Å². The van der Waals surface area contributed by atoms with E-state index in [-0.39, 0.29) is 19.1 Å². The summed E-state index contributed by atoms with van der Waals surface area (Å²) in [6, 6.07) is 12.3. The Morgan fingerprint density at radius 1 is 0.871 bits per heavy atom. The summed E-state index contributed by atoms with van der Waals surface area (Å²) in [5, 5.41) is 7.78. The highest BCUT2D eigenvalue weighted by Crippen LogP contribution is 2.20. The number of ether oxygens (including phenoxy) is 2. The Hall–Kier alpha value is -3.55. The molecule has 0 saturated heterocycles. The smallest absolute Gasteiger partial charge is 0.408 e. The molecule has 0 aromatic heterocycles. The van der Waals surface area contributed by atoms with Crippen LogP contribution in [0.15, 0.2) is 42.5 Å². The van der Waals surface area contributed by atoms with Gasteiger partial charge in [-0.05, 0) is 76.1 Å². The molecule has 0 unspecified atom stereocenters. The van der Waals surface area contributed by atoms with Crippen molar-refractivity contribution in [2.45, 2.75) is 40.2 Å². The quantitative estimate of drug-likeness (QED) is 0.624. The highest BCUT2D eigenvalue weighted by atomic mass is 16.6. The van der Waals surface area contributed by atoms with E-state index in [2.05, 4.69) is 16.0 Å². The molecule has 31 heavy (non-hydrogen) atoms. The van der Waals surface area contributed by atoms with E-state index in [4.69, 9.17) is 9.47 Å². The van der Waals surface area contributed by atoms with E-state index < -0.39 is 17.6 Å². The summed E-state index contributed by atoms with van der Waals surface area (Å²) in [4.78, 5) is 35.7. The van der Waals surface area contributed by atoms with Crippen molar-refractivity contribution in [3.63, 3.8) is 0 Å². The molecule has 2 aromatic carbocycles. The number of amides is 3. The van der Waals surface area contributed by atoms with Gasteiger partial charge >= 0.3 is 6.09 Å². The fourth-order valence-electron chi connectivity index (χ4n) is 2.53. The first-order valence-electron chi connectivity index (χ1n) is 9.89. The molecule has 3 N–H and O–H groups in total. The van der Waals surface area contributed by atoms with Crippen LogP contribution in [0.2, 0.25) is 0 Å². The minimum atomic E-state index is -0.663. The molecule has 0 heterocycles. The van der Waals surface area contributed by atoms with E-state index in [1.165, 1.54) is 0 Å². The summed E-state index contributed by atoms with van der Waals surface area (Å²) in [6.45, 7) is 8.81. The summed E-state index contributed by atoms with van der Waals surface area (Å²) < 4.78 is 10.7. The lowest BCUT2D eigenvalue weighted by Crippen LogP contribution is -2.37. The number of carbonyl (C=O) groups excluding carboxylic acids is 3. The summed E-state index contributed by atoms with van der Waals surface area (Å²) >= 11 is 0. The van der Waals surface area contributed by atoms with Gasteiger partial charge in [-0.25, -0.2) is 4.79 Å². The van der Waals surface area contributed by atoms with Gasteiger partial charge in [0, 0.05) is 11.4 Å². The van der Waals surface area contributed by atoms with Crippen LogP contribution >= 0.6 is 0 Å². The topological polar surface area (TPSA) is 106 Å². The van der Waals surface area contributed by atoms with Crippen molar-refractivity contribution in [2.75, 3.05) is 23.8 Å². The van der Waals surface area contributed by atoms with Gasteiger partial charge in [0.05, 0.1) is 0 Å². The Labute approximate surface area is 182 Å². The molecule has 2 rings (SSSR count). The molecule has 0 saturated carbocycles. The van der Waals surface area contributed by atoms with E-state index in [1.54, 1.807) is 45.0 Å². The second-order valence-electron chi connectivity index (χ2n) is 8.02. The number of carbonyl (C=O) groups is 3. The Kier molecular flexibility index (Phi) is 8.01. The molecule has 8 heteroatoms. The molecule has 0 aliphatic rings. The SMILES string of the molecule is Cc1cccc(OCC(=O)Nc2ccc(NC(=O)CNC(=O)OC(C)(C)C)cc2)c1C. The maximum atomic E-state index is 12.1. The lowest BCUT2D eigenvalue weighted by atomic mass is 10.1. The number of nitrogens with one attached hydrogen (secondary N) is 3. The molecule has 0 atom stereocenters. The molecule has 0 radical (unpaired) electrons. The van der Waals surface area contributed by atoms with E-state index in [0.29, 0.717) is 17.1 Å². The molecule has 8 nitrogen and oxygen atoms in total. The minimum Gasteiger partial charge on any atom is -0.483 e. The third-order valence-electron chi connectivity index (χ3n) is 4.16. The first kappa shape index (κ1) is 23.7. The van der Waals surface area contributed by atoms with Gasteiger partial charge < -0.3 is 25.4 Å². The molecule has 0 aliphatic carbocycles. The zero-order valence-electron chi connectivity index (χ0n) is 18.5. The molecular weight excluding hydrogens is 398 g/mol. The molecule has 166 valence electrons. The normalized spacial score (nSPS) is 10.7. The summed E-state index contributed by atoms with van der Waals surface area (Å²) in [5.74, 6) is -0.0166. The van der Waals surface area contributed by atoms with Crippen LogP contribution in [-0.4, -0.2) is 36.7 Å². The van der Waals surface area contributed by atoms with Crippen LogP contribution in [-0.2, 0) is 14.3 Å². The predicted octanol–water partition coefficient (Wildman–Crippen LogP) is 3.78. The highest BCUT2D eigenvalue weighted by Gasteiger charge is 2.16. The summed E-state index contributed by atoms with van der Waals surface area (Å²) in [6.07, 6.45) is -0.663. The maximum Gasteiger partial charge on any atom is 0.408 e. The molecule has 2 aromatic rings. The Morgan fingerprint density at radius 2 is 1.45 bits per heavy atom. The van der Waals surface area contributed by atoms with Gasteiger partial charge in [-0.2, -0.15) is 0 Å². The minimum absolute atomic E-state index is 0.112. The maximum absolute atomic E-state index is 12.1. The number of hydrogen-bond acceptors (Lipinski definition) is 5. The Bertz CT molecular complexity index is 933. The number of benzene rings is 2. The third-order valence-corrected chi connectivity index (χ3v) is 4.16. The first-order chi connectivity index (χ1) is 14.5. The van der Waals surface area contributed by atoms with Gasteiger partial charge in [0.2, 0.25) is 5.91 Å². The average molecular weight is 428 g/mol. The van der Waals surface area contributed by atoms with Gasteiger partial charge in [-0.15, -0.1) is 0 Å². The zero-order chi connectivity index (χ0) is 23.0. The first-order valence-corrected chi connectivity index (χ1v) is 9.89. The Balaban J connectivity index is 1.78. The average Bonchev–Trinajstić information content (AvgIpc) is 2.68. The van der Waals surface area contributed by atoms with Gasteiger partial charge in [0.15, 0.2) is 6.61 Å². The molecule has 3 amide bonds. The third kappa shape index (κ3) is 8.38. The number of anilines is 2. The second-order valence-corrected chi connectivity index (χ2v) is 8.02. The fraction of sp³-hybridized carbons (Fsp3) is 0.348. The predicted molar refractivity (Wildman–Crippen MR) is 119 cm³/mol. The number of hydrogen-bond donors (Lipinski definition) is 3. The fourth-order valence-corrected chi connectivity index (χ4v) is 2.53. The van der Waals surface area contributed by atoms with Crippen molar-refractivity contribution in [1.29, 1.82) is 0 Å². The zero-order valence-corrected chi connectivity index (χ0v) is 18.5. The van der Waals surface area contributed by atoms with Crippen LogP contribution in [0.1, 0.15) is 31.9 Å². The molecule has 0 fully saturated rings. The van der Waals surface area contributed by atoms with Crippen molar-refractivity contribution >= 4 is 29.3 Å². The van der Waals surface area contributed by atoms with Crippen molar-refractivity contribution in [1.82, 2.24) is 5.32 Å². The Morgan fingerprint density at radius 3 is 2.03 bits per heavy atom. The number of rotatable bonds is 7. The van der Waals surface area contributed by atoms with Crippen LogP contribution in [0.25, 0.3) is 0 Å². The van der Waals surface area contributed by atoms with Gasteiger partial charge in [-0.3, -0.25) is 9.59 Å². The molecule has 0 spiro atoms. The van der Waals surface area contributed by atoms with E-state index in [1.807, 2.05) is 32.0 Å². The van der Waals surface area contributed by atoms with Crippen LogP contribution in [0.3, 0.4) is 0 Å². The van der Waals surface area contributed by atoms with Crippen molar-refractivity contribution < 1.29 is 23.9 Å². The number of alkyl carbamates (subject to hydrolysis) is 1. The highest BCUT2D eigenvalue weighted by molar-refractivity contribution is 5.95. The van der Waals surface area contributed by atoms with Crippen LogP contribution in [0.5, 0.6) is 5.75 Å². The molecule has 0 aliphatic heterocycles. The van der Waals surface area contributed by atoms with Crippen molar-refractivity contribution in [2.24, 2.45) is 0 Å². The summed E-state index contributed by atoms with van der Waals surface area (Å²) in [5.41, 5.74) is 2.55. The number of aryl methyl sites for hydroxylation is 1. The van der Waals surface area contributed by atoms with E-state index >= 15 is 0 Å². The standard InChI is InChI=1S/C23H29N3O5/c1-15-7-6-8-19(16(15)2)30-14-21(28)26-18-11-9-17(10-12-18)25-20(27)13-24-22(29)31-23(3,4)5/h6-12H,13-14H2,1-5H3,(H,24,29)(H,25,27)(H,26,28). The van der Waals surface area contributed by atoms with Gasteiger partial charge in [-0.1, -0.05) is 12.1 Å². The lowest BCUT2D eigenvalue weighted by molar-refractivity contribution is -0.118. The molecular formula is C23H29N3O5. The summed E-state index contributed by atoms with van der Waals surface area (Å²) in [7, 11) is 0. The van der Waals surface area contributed by atoms with Gasteiger partial charge in [0.25, 0.3) is 5.91 Å². The van der Waals surface area contributed by atoms with Crippen LogP contribution in [0, 0.1) is 13.8 Å². The van der Waals surface area contributed by atoms with Crippen molar-refractivity contribution in [3.8, 4) is 5.75 Å². The van der Waals surface area contributed by atoms with E-state index in [0.717, 1.165) is 11.1 Å². The molecule has 0 bridgehead atoms. The van der Waals surface area contributed by atoms with Crippen molar-refractivity contribution in [3.05, 3.63) is 53.6 Å². The largest absolute Gasteiger partial charge is 0.483 e.